The molecule has 17 heavy (non-hydrogen) atoms. The highest BCUT2D eigenvalue weighted by atomic mass is 15.2. The Morgan fingerprint density at radius 1 is 1.41 bits per heavy atom. The molecule has 1 aliphatic carbocycles. The van der Waals surface area contributed by atoms with Crippen LogP contribution in [0.2, 0.25) is 0 Å². The standard InChI is InChI=1S/C12H17N5/c13-10-3-1-2-9(10)8-15-12-11-4-5-16-17(11)7-6-14-12/h4-7,9-10H,1-3,8,13H2,(H,14,15). The minimum atomic E-state index is 0.340. The Morgan fingerprint density at radius 3 is 3.18 bits per heavy atom. The van der Waals surface area contributed by atoms with E-state index >= 15 is 0 Å². The van der Waals surface area contributed by atoms with Crippen LogP contribution in [0.3, 0.4) is 0 Å². The molecule has 1 fully saturated rings. The van der Waals surface area contributed by atoms with Gasteiger partial charge in [-0.05, 0) is 24.8 Å². The summed E-state index contributed by atoms with van der Waals surface area (Å²) in [7, 11) is 0. The summed E-state index contributed by atoms with van der Waals surface area (Å²) in [6.07, 6.45) is 9.01. The molecule has 5 heteroatoms. The molecule has 0 bridgehead atoms. The quantitative estimate of drug-likeness (QED) is 0.834. The van der Waals surface area contributed by atoms with Crippen LogP contribution in [0.4, 0.5) is 5.82 Å². The summed E-state index contributed by atoms with van der Waals surface area (Å²) < 4.78 is 1.82. The van der Waals surface area contributed by atoms with Crippen molar-refractivity contribution < 1.29 is 0 Å². The summed E-state index contributed by atoms with van der Waals surface area (Å²) in [5.41, 5.74) is 7.07. The monoisotopic (exact) mass is 231 g/mol. The molecule has 5 nitrogen and oxygen atoms in total. The SMILES string of the molecule is NC1CCCC1CNc1nccn2nccc12. The lowest BCUT2D eigenvalue weighted by atomic mass is 10.1. The summed E-state index contributed by atoms with van der Waals surface area (Å²) in [6.45, 7) is 0.902. The Kier molecular flexibility index (Phi) is 2.68. The van der Waals surface area contributed by atoms with Gasteiger partial charge in [-0.1, -0.05) is 6.42 Å². The highest BCUT2D eigenvalue weighted by Gasteiger charge is 2.23. The first-order valence-corrected chi connectivity index (χ1v) is 6.12. The third-order valence-electron chi connectivity index (χ3n) is 3.57. The first-order chi connectivity index (χ1) is 8.34. The maximum absolute atomic E-state index is 6.06. The van der Waals surface area contributed by atoms with Crippen molar-refractivity contribution in [3.8, 4) is 0 Å². The Labute approximate surface area is 100 Å². The molecule has 0 amide bonds. The second kappa shape index (κ2) is 4.33. The highest BCUT2D eigenvalue weighted by Crippen LogP contribution is 2.24. The van der Waals surface area contributed by atoms with Gasteiger partial charge in [0.25, 0.3) is 0 Å². The van der Waals surface area contributed by atoms with Gasteiger partial charge in [0, 0.05) is 25.0 Å². The molecule has 0 saturated heterocycles. The van der Waals surface area contributed by atoms with Crippen LogP contribution in [0.5, 0.6) is 0 Å². The topological polar surface area (TPSA) is 68.2 Å². The summed E-state index contributed by atoms with van der Waals surface area (Å²) in [5, 5.41) is 7.58. The van der Waals surface area contributed by atoms with Gasteiger partial charge in [0.1, 0.15) is 5.52 Å². The fourth-order valence-electron chi connectivity index (χ4n) is 2.54. The first kappa shape index (κ1) is 10.5. The molecule has 2 aromatic rings. The number of hydrogen-bond acceptors (Lipinski definition) is 4. The maximum atomic E-state index is 6.06. The molecule has 3 N–H and O–H groups in total. The molecule has 1 aliphatic rings. The van der Waals surface area contributed by atoms with Crippen molar-refractivity contribution in [1.29, 1.82) is 0 Å². The molecule has 2 unspecified atom stereocenters. The molecule has 0 spiro atoms. The zero-order valence-electron chi connectivity index (χ0n) is 9.71. The molecule has 2 aromatic heterocycles. The number of rotatable bonds is 3. The minimum Gasteiger partial charge on any atom is -0.368 e. The number of nitrogens with two attached hydrogens (primary N) is 1. The summed E-state index contributed by atoms with van der Waals surface area (Å²) in [6, 6.07) is 2.30. The number of fused-ring (bicyclic) bond motifs is 1. The van der Waals surface area contributed by atoms with Crippen molar-refractivity contribution in [3.05, 3.63) is 24.7 Å². The zero-order valence-corrected chi connectivity index (χ0v) is 9.71. The lowest BCUT2D eigenvalue weighted by molar-refractivity contribution is 0.504. The van der Waals surface area contributed by atoms with E-state index in [0.717, 1.165) is 24.3 Å². The maximum Gasteiger partial charge on any atom is 0.152 e. The second-order valence-corrected chi connectivity index (χ2v) is 4.67. The third kappa shape index (κ3) is 1.98. The van der Waals surface area contributed by atoms with Crippen LogP contribution in [-0.2, 0) is 0 Å². The van der Waals surface area contributed by atoms with E-state index in [4.69, 9.17) is 5.73 Å². The Hall–Kier alpha value is -1.62. The molecule has 0 radical (unpaired) electrons. The largest absolute Gasteiger partial charge is 0.368 e. The van der Waals surface area contributed by atoms with Crippen molar-refractivity contribution in [2.24, 2.45) is 11.7 Å². The Balaban J connectivity index is 1.74. The van der Waals surface area contributed by atoms with Gasteiger partial charge in [-0.3, -0.25) is 0 Å². The molecule has 0 aliphatic heterocycles. The average Bonchev–Trinajstić information content (AvgIpc) is 2.95. The minimum absolute atomic E-state index is 0.340. The molecule has 3 rings (SSSR count). The van der Waals surface area contributed by atoms with E-state index in [1.54, 1.807) is 12.4 Å². The molecular formula is C12H17N5. The normalized spacial score (nSPS) is 24.3. The van der Waals surface area contributed by atoms with Gasteiger partial charge in [0.05, 0.1) is 6.20 Å². The summed E-state index contributed by atoms with van der Waals surface area (Å²) >= 11 is 0. The summed E-state index contributed by atoms with van der Waals surface area (Å²) in [4.78, 5) is 4.35. The number of aromatic nitrogens is 3. The lowest BCUT2D eigenvalue weighted by Crippen LogP contribution is -2.29. The molecule has 1 saturated carbocycles. The smallest absolute Gasteiger partial charge is 0.152 e. The number of anilines is 1. The Bertz CT molecular complexity index is 506. The first-order valence-electron chi connectivity index (χ1n) is 6.12. The lowest BCUT2D eigenvalue weighted by Gasteiger charge is -2.16. The fraction of sp³-hybridized carbons (Fsp3) is 0.500. The molecule has 2 heterocycles. The van der Waals surface area contributed by atoms with Gasteiger partial charge in [-0.25, -0.2) is 9.50 Å². The van der Waals surface area contributed by atoms with Gasteiger partial charge < -0.3 is 11.1 Å². The van der Waals surface area contributed by atoms with E-state index in [-0.39, 0.29) is 0 Å². The number of nitrogens with zero attached hydrogens (tertiary/aromatic N) is 3. The van der Waals surface area contributed by atoms with E-state index < -0.39 is 0 Å². The van der Waals surface area contributed by atoms with Crippen molar-refractivity contribution in [2.45, 2.75) is 25.3 Å². The van der Waals surface area contributed by atoms with Gasteiger partial charge >= 0.3 is 0 Å². The van der Waals surface area contributed by atoms with Crippen molar-refractivity contribution in [2.75, 3.05) is 11.9 Å². The van der Waals surface area contributed by atoms with Crippen LogP contribution >= 0.6 is 0 Å². The molecule has 0 aromatic carbocycles. The van der Waals surface area contributed by atoms with Crippen molar-refractivity contribution in [3.63, 3.8) is 0 Å². The number of nitrogens with one attached hydrogen (secondary N) is 1. The van der Waals surface area contributed by atoms with Crippen LogP contribution in [0.15, 0.2) is 24.7 Å². The van der Waals surface area contributed by atoms with Crippen molar-refractivity contribution in [1.82, 2.24) is 14.6 Å². The van der Waals surface area contributed by atoms with E-state index in [0.29, 0.717) is 12.0 Å². The fourth-order valence-corrected chi connectivity index (χ4v) is 2.54. The van der Waals surface area contributed by atoms with E-state index in [1.807, 2.05) is 16.8 Å². The predicted octanol–water partition coefficient (Wildman–Crippen LogP) is 1.27. The average molecular weight is 231 g/mol. The summed E-state index contributed by atoms with van der Waals surface area (Å²) in [5.74, 6) is 1.46. The zero-order chi connectivity index (χ0) is 11.7. The highest BCUT2D eigenvalue weighted by molar-refractivity contribution is 5.66. The number of hydrogen-bond donors (Lipinski definition) is 2. The van der Waals surface area contributed by atoms with Gasteiger partial charge in [0.15, 0.2) is 5.82 Å². The molecular weight excluding hydrogens is 214 g/mol. The van der Waals surface area contributed by atoms with Gasteiger partial charge in [0.2, 0.25) is 0 Å². The molecule has 90 valence electrons. The van der Waals surface area contributed by atoms with Crippen LogP contribution in [0.25, 0.3) is 5.52 Å². The third-order valence-corrected chi connectivity index (χ3v) is 3.57. The van der Waals surface area contributed by atoms with E-state index in [1.165, 1.54) is 12.8 Å². The van der Waals surface area contributed by atoms with Crippen LogP contribution in [-0.4, -0.2) is 27.2 Å². The van der Waals surface area contributed by atoms with Gasteiger partial charge in [-0.15, -0.1) is 0 Å². The second-order valence-electron chi connectivity index (χ2n) is 4.67. The van der Waals surface area contributed by atoms with Crippen LogP contribution in [0, 0.1) is 5.92 Å². The van der Waals surface area contributed by atoms with Crippen molar-refractivity contribution >= 4 is 11.3 Å². The van der Waals surface area contributed by atoms with E-state index in [2.05, 4.69) is 15.4 Å². The molecule has 2 atom stereocenters. The van der Waals surface area contributed by atoms with Gasteiger partial charge in [-0.2, -0.15) is 5.10 Å². The van der Waals surface area contributed by atoms with Crippen LogP contribution < -0.4 is 11.1 Å². The van der Waals surface area contributed by atoms with Crippen LogP contribution in [0.1, 0.15) is 19.3 Å². The Morgan fingerprint density at radius 2 is 2.35 bits per heavy atom. The van der Waals surface area contributed by atoms with E-state index in [9.17, 15) is 0 Å². The predicted molar refractivity (Wildman–Crippen MR) is 66.8 cm³/mol.